The zero-order valence-corrected chi connectivity index (χ0v) is 9.69. The average Bonchev–Trinajstić information content (AvgIpc) is 2.80. The van der Waals surface area contributed by atoms with Crippen molar-refractivity contribution >= 4 is 11.8 Å². The highest BCUT2D eigenvalue weighted by molar-refractivity contribution is 6.35. The average molecular weight is 239 g/mol. The van der Waals surface area contributed by atoms with Crippen LogP contribution in [0, 0.1) is 11.3 Å². The lowest BCUT2D eigenvalue weighted by atomic mass is 10.1. The molecule has 0 saturated carbocycles. The molecular formula is C11H17N3O3. The topological polar surface area (TPSA) is 93.4 Å². The third kappa shape index (κ3) is 3.71. The van der Waals surface area contributed by atoms with E-state index in [0.29, 0.717) is 19.4 Å². The van der Waals surface area contributed by atoms with Gasteiger partial charge in [0, 0.05) is 19.2 Å². The summed E-state index contributed by atoms with van der Waals surface area (Å²) in [6, 6.07) is 1.80. The molecule has 6 heteroatoms. The number of carbonyl (C=O) groups excluding carboxylic acids is 2. The van der Waals surface area contributed by atoms with Gasteiger partial charge in [0.1, 0.15) is 6.54 Å². The minimum atomic E-state index is -0.720. The molecule has 1 atom stereocenters. The van der Waals surface area contributed by atoms with Crippen LogP contribution in [-0.2, 0) is 9.59 Å². The van der Waals surface area contributed by atoms with E-state index >= 15 is 0 Å². The predicted octanol–water partition coefficient (Wildman–Crippen LogP) is -0.610. The predicted molar refractivity (Wildman–Crippen MR) is 59.7 cm³/mol. The van der Waals surface area contributed by atoms with Gasteiger partial charge in [-0.25, -0.2) is 0 Å². The highest BCUT2D eigenvalue weighted by atomic mass is 16.3. The van der Waals surface area contributed by atoms with Crippen molar-refractivity contribution in [2.24, 2.45) is 0 Å². The number of likely N-dealkylation sites (tertiary alicyclic amines) is 1. The molecule has 2 amide bonds. The molecule has 1 unspecified atom stereocenters. The van der Waals surface area contributed by atoms with Crippen molar-refractivity contribution in [1.29, 1.82) is 5.26 Å². The first-order valence-electron chi connectivity index (χ1n) is 5.77. The Balaban J connectivity index is 2.49. The Morgan fingerprint density at radius 1 is 1.53 bits per heavy atom. The fraction of sp³-hybridized carbons (Fsp3) is 0.727. The quantitative estimate of drug-likeness (QED) is 0.505. The van der Waals surface area contributed by atoms with Crippen LogP contribution in [0.15, 0.2) is 0 Å². The van der Waals surface area contributed by atoms with Crippen LogP contribution in [0.1, 0.15) is 25.7 Å². The van der Waals surface area contributed by atoms with Crippen LogP contribution in [0.4, 0.5) is 0 Å². The lowest BCUT2D eigenvalue weighted by Crippen LogP contribution is -2.45. The van der Waals surface area contributed by atoms with E-state index in [1.807, 2.05) is 0 Å². The van der Waals surface area contributed by atoms with Gasteiger partial charge in [-0.3, -0.25) is 9.59 Å². The molecule has 0 aromatic carbocycles. The van der Waals surface area contributed by atoms with Gasteiger partial charge in [0.2, 0.25) is 0 Å². The van der Waals surface area contributed by atoms with Gasteiger partial charge in [-0.2, -0.15) is 5.26 Å². The molecule has 6 nitrogen and oxygen atoms in total. The van der Waals surface area contributed by atoms with Crippen molar-refractivity contribution in [3.05, 3.63) is 0 Å². The number of nitrogens with zero attached hydrogens (tertiary/aromatic N) is 2. The van der Waals surface area contributed by atoms with Gasteiger partial charge in [-0.1, -0.05) is 0 Å². The zero-order chi connectivity index (χ0) is 12.7. The fourth-order valence-corrected chi connectivity index (χ4v) is 2.06. The molecule has 17 heavy (non-hydrogen) atoms. The molecule has 0 spiro atoms. The van der Waals surface area contributed by atoms with Crippen molar-refractivity contribution in [2.75, 3.05) is 19.7 Å². The van der Waals surface area contributed by atoms with Crippen molar-refractivity contribution in [3.63, 3.8) is 0 Å². The van der Waals surface area contributed by atoms with Gasteiger partial charge in [-0.05, 0) is 25.7 Å². The normalized spacial score (nSPS) is 18.8. The summed E-state index contributed by atoms with van der Waals surface area (Å²) < 4.78 is 0. The number of nitriles is 1. The lowest BCUT2D eigenvalue weighted by molar-refractivity contribution is -0.146. The van der Waals surface area contributed by atoms with E-state index in [-0.39, 0.29) is 19.2 Å². The number of hydrogen-bond acceptors (Lipinski definition) is 4. The van der Waals surface area contributed by atoms with E-state index in [4.69, 9.17) is 10.4 Å². The van der Waals surface area contributed by atoms with Crippen molar-refractivity contribution in [2.45, 2.75) is 31.7 Å². The maximum Gasteiger partial charge on any atom is 0.312 e. The Hall–Kier alpha value is -1.61. The van der Waals surface area contributed by atoms with E-state index in [1.54, 1.807) is 11.0 Å². The van der Waals surface area contributed by atoms with Gasteiger partial charge in [0.05, 0.1) is 6.07 Å². The number of amides is 2. The molecule has 1 aliphatic heterocycles. The first-order valence-corrected chi connectivity index (χ1v) is 5.77. The third-order valence-electron chi connectivity index (χ3n) is 2.86. The minimum absolute atomic E-state index is 0.0440. The lowest BCUT2D eigenvalue weighted by Gasteiger charge is -2.23. The Morgan fingerprint density at radius 3 is 2.94 bits per heavy atom. The molecule has 0 aromatic rings. The van der Waals surface area contributed by atoms with Crippen LogP contribution in [0.3, 0.4) is 0 Å². The van der Waals surface area contributed by atoms with Crippen LogP contribution in [0.2, 0.25) is 0 Å². The number of carbonyl (C=O) groups is 2. The molecule has 0 aromatic heterocycles. The summed E-state index contributed by atoms with van der Waals surface area (Å²) in [5.74, 6) is -1.29. The van der Waals surface area contributed by atoms with Crippen molar-refractivity contribution in [1.82, 2.24) is 10.2 Å². The molecule has 0 bridgehead atoms. The second-order valence-corrected chi connectivity index (χ2v) is 4.00. The summed E-state index contributed by atoms with van der Waals surface area (Å²) >= 11 is 0. The number of hydrogen-bond donors (Lipinski definition) is 2. The van der Waals surface area contributed by atoms with Gasteiger partial charge >= 0.3 is 11.8 Å². The largest absolute Gasteiger partial charge is 0.396 e. The Kier molecular flexibility index (Phi) is 5.43. The molecule has 1 fully saturated rings. The molecule has 1 aliphatic rings. The van der Waals surface area contributed by atoms with Gasteiger partial charge in [0.15, 0.2) is 0 Å². The van der Waals surface area contributed by atoms with E-state index in [1.165, 1.54) is 0 Å². The van der Waals surface area contributed by atoms with E-state index in [2.05, 4.69) is 5.32 Å². The Labute approximate surface area is 100 Å². The van der Waals surface area contributed by atoms with E-state index in [9.17, 15) is 9.59 Å². The van der Waals surface area contributed by atoms with Crippen molar-refractivity contribution < 1.29 is 14.7 Å². The summed E-state index contributed by atoms with van der Waals surface area (Å²) in [7, 11) is 0. The summed E-state index contributed by atoms with van der Waals surface area (Å²) in [5.41, 5.74) is 0. The molecule has 2 N–H and O–H groups in total. The maximum absolute atomic E-state index is 11.8. The molecule has 1 heterocycles. The fourth-order valence-electron chi connectivity index (χ4n) is 2.06. The highest BCUT2D eigenvalue weighted by Crippen LogP contribution is 2.21. The van der Waals surface area contributed by atoms with Gasteiger partial charge < -0.3 is 15.3 Å². The molecule has 1 rings (SSSR count). The molecule has 1 saturated heterocycles. The Morgan fingerprint density at radius 2 is 2.29 bits per heavy atom. The molecule has 0 radical (unpaired) electrons. The number of rotatable bonds is 4. The zero-order valence-electron chi connectivity index (χ0n) is 9.69. The summed E-state index contributed by atoms with van der Waals surface area (Å²) in [6.07, 6.45) is 3.10. The second kappa shape index (κ2) is 6.86. The van der Waals surface area contributed by atoms with Crippen LogP contribution < -0.4 is 5.32 Å². The Bertz CT molecular complexity index is 324. The highest BCUT2D eigenvalue weighted by Gasteiger charge is 2.31. The van der Waals surface area contributed by atoms with Crippen molar-refractivity contribution in [3.8, 4) is 6.07 Å². The first-order chi connectivity index (χ1) is 8.20. The number of aliphatic hydroxyl groups is 1. The van der Waals surface area contributed by atoms with Gasteiger partial charge in [-0.15, -0.1) is 0 Å². The molecule has 94 valence electrons. The summed E-state index contributed by atoms with van der Waals surface area (Å²) in [4.78, 5) is 24.7. The van der Waals surface area contributed by atoms with Crippen LogP contribution in [0.5, 0.6) is 0 Å². The number of nitrogens with one attached hydrogen (secondary N) is 1. The van der Waals surface area contributed by atoms with Crippen LogP contribution >= 0.6 is 0 Å². The summed E-state index contributed by atoms with van der Waals surface area (Å²) in [6.45, 7) is 0.522. The first kappa shape index (κ1) is 13.5. The molecule has 0 aliphatic carbocycles. The standard InChI is InChI=1S/C11H17N3O3/c12-5-6-13-10(16)11(17)14-7-1-3-9(14)4-2-8-15/h9,15H,1-4,6-8H2,(H,13,16). The van der Waals surface area contributed by atoms with Crippen LogP contribution in [-0.4, -0.2) is 47.6 Å². The van der Waals surface area contributed by atoms with E-state index in [0.717, 1.165) is 12.8 Å². The molecular weight excluding hydrogens is 222 g/mol. The van der Waals surface area contributed by atoms with E-state index < -0.39 is 11.8 Å². The second-order valence-electron chi connectivity index (χ2n) is 4.00. The smallest absolute Gasteiger partial charge is 0.312 e. The minimum Gasteiger partial charge on any atom is -0.396 e. The SMILES string of the molecule is N#CCNC(=O)C(=O)N1CCCC1CCCO. The monoisotopic (exact) mass is 239 g/mol. The third-order valence-corrected chi connectivity index (χ3v) is 2.86. The number of aliphatic hydroxyl groups excluding tert-OH is 1. The summed E-state index contributed by atoms with van der Waals surface area (Å²) in [5, 5.41) is 19.3. The van der Waals surface area contributed by atoms with Gasteiger partial charge in [0.25, 0.3) is 0 Å². The maximum atomic E-state index is 11.8. The van der Waals surface area contributed by atoms with Crippen LogP contribution in [0.25, 0.3) is 0 Å².